The molecule has 0 aliphatic carbocycles. The molecule has 0 aromatic carbocycles. The molecule has 1 nitrogen and oxygen atoms in total. The molecule has 0 saturated heterocycles. The number of rotatable bonds is 6. The van der Waals surface area contributed by atoms with Crippen LogP contribution in [0.3, 0.4) is 0 Å². The summed E-state index contributed by atoms with van der Waals surface area (Å²) in [5.41, 5.74) is 0. The molecule has 0 spiro atoms. The fraction of sp³-hybridized carbons (Fsp3) is 1.00. The predicted octanol–water partition coefficient (Wildman–Crippen LogP) is 3.22. The highest BCUT2D eigenvalue weighted by atomic mass is 16.3. The molecule has 1 heteroatoms. The van der Waals surface area contributed by atoms with Gasteiger partial charge in [-0.15, -0.1) is 0 Å². The second kappa shape index (κ2) is 6.47. The van der Waals surface area contributed by atoms with Gasteiger partial charge in [0, 0.05) is 0 Å². The zero-order chi connectivity index (χ0) is 9.56. The average molecular weight is 172 g/mol. The minimum Gasteiger partial charge on any atom is -0.393 e. The maximum Gasteiger partial charge on any atom is 0.0512 e. The fourth-order valence-electron chi connectivity index (χ4n) is 1.50. The highest BCUT2D eigenvalue weighted by molar-refractivity contribution is 4.60. The molecule has 3 unspecified atom stereocenters. The standard InChI is InChI=1S/C11H24O/c1-5-9(2)8-10(3)6-7-11(4)12/h9-12H,5-8H2,1-4H3. The van der Waals surface area contributed by atoms with E-state index in [0.29, 0.717) is 0 Å². The number of hydrogen-bond donors (Lipinski definition) is 1. The maximum absolute atomic E-state index is 9.09. The molecule has 0 heterocycles. The van der Waals surface area contributed by atoms with Crippen molar-refractivity contribution in [1.29, 1.82) is 0 Å². The van der Waals surface area contributed by atoms with E-state index in [2.05, 4.69) is 20.8 Å². The molecule has 0 radical (unpaired) electrons. The lowest BCUT2D eigenvalue weighted by molar-refractivity contribution is 0.171. The Bertz CT molecular complexity index is 99.2. The van der Waals surface area contributed by atoms with Gasteiger partial charge in [0.05, 0.1) is 6.10 Å². The number of hydrogen-bond acceptors (Lipinski definition) is 1. The first-order chi connectivity index (χ1) is 5.56. The van der Waals surface area contributed by atoms with Crippen molar-refractivity contribution in [2.45, 2.75) is 59.5 Å². The second-order valence-corrected chi connectivity index (χ2v) is 4.28. The maximum atomic E-state index is 9.09. The Morgan fingerprint density at radius 3 is 2.00 bits per heavy atom. The average Bonchev–Trinajstić information content (AvgIpc) is 2.00. The lowest BCUT2D eigenvalue weighted by Gasteiger charge is -2.16. The van der Waals surface area contributed by atoms with Crippen LogP contribution in [0.2, 0.25) is 0 Å². The van der Waals surface area contributed by atoms with Gasteiger partial charge in [-0.3, -0.25) is 0 Å². The van der Waals surface area contributed by atoms with Crippen LogP contribution < -0.4 is 0 Å². The van der Waals surface area contributed by atoms with Crippen molar-refractivity contribution in [2.75, 3.05) is 0 Å². The van der Waals surface area contributed by atoms with E-state index in [1.807, 2.05) is 6.92 Å². The molecule has 12 heavy (non-hydrogen) atoms. The van der Waals surface area contributed by atoms with Gasteiger partial charge in [-0.25, -0.2) is 0 Å². The summed E-state index contributed by atoms with van der Waals surface area (Å²) in [6, 6.07) is 0. The molecule has 0 aliphatic heterocycles. The molecule has 74 valence electrons. The molecule has 0 rings (SSSR count). The Hall–Kier alpha value is -0.0400. The first kappa shape index (κ1) is 12.0. The smallest absolute Gasteiger partial charge is 0.0512 e. The first-order valence-corrected chi connectivity index (χ1v) is 5.24. The highest BCUT2D eigenvalue weighted by Gasteiger charge is 2.07. The van der Waals surface area contributed by atoms with Gasteiger partial charge in [0.25, 0.3) is 0 Å². The van der Waals surface area contributed by atoms with Crippen LogP contribution in [0, 0.1) is 11.8 Å². The van der Waals surface area contributed by atoms with Crippen LogP contribution in [0.4, 0.5) is 0 Å². The van der Waals surface area contributed by atoms with E-state index in [4.69, 9.17) is 5.11 Å². The van der Waals surface area contributed by atoms with E-state index in [-0.39, 0.29) is 6.10 Å². The van der Waals surface area contributed by atoms with Crippen molar-refractivity contribution >= 4 is 0 Å². The van der Waals surface area contributed by atoms with Gasteiger partial charge in [-0.1, -0.05) is 27.2 Å². The summed E-state index contributed by atoms with van der Waals surface area (Å²) in [5.74, 6) is 1.61. The summed E-state index contributed by atoms with van der Waals surface area (Å²) >= 11 is 0. The van der Waals surface area contributed by atoms with Gasteiger partial charge in [-0.05, 0) is 38.0 Å². The summed E-state index contributed by atoms with van der Waals surface area (Å²) in [7, 11) is 0. The summed E-state index contributed by atoms with van der Waals surface area (Å²) in [6.45, 7) is 8.70. The van der Waals surface area contributed by atoms with Gasteiger partial charge < -0.3 is 5.11 Å². The van der Waals surface area contributed by atoms with E-state index in [1.165, 1.54) is 19.3 Å². The Balaban J connectivity index is 3.39. The third-order valence-corrected chi connectivity index (χ3v) is 2.58. The van der Waals surface area contributed by atoms with Crippen LogP contribution in [0.25, 0.3) is 0 Å². The van der Waals surface area contributed by atoms with Gasteiger partial charge in [0.2, 0.25) is 0 Å². The van der Waals surface area contributed by atoms with Crippen molar-refractivity contribution in [3.05, 3.63) is 0 Å². The molecule has 0 aliphatic rings. The number of aliphatic hydroxyl groups excluding tert-OH is 1. The minimum absolute atomic E-state index is 0.121. The van der Waals surface area contributed by atoms with Gasteiger partial charge in [-0.2, -0.15) is 0 Å². The molecule has 0 bridgehead atoms. The molecular weight excluding hydrogens is 148 g/mol. The fourth-order valence-corrected chi connectivity index (χ4v) is 1.50. The molecule has 3 atom stereocenters. The quantitative estimate of drug-likeness (QED) is 0.652. The second-order valence-electron chi connectivity index (χ2n) is 4.28. The van der Waals surface area contributed by atoms with E-state index in [1.54, 1.807) is 0 Å². The van der Waals surface area contributed by atoms with Crippen LogP contribution in [0.1, 0.15) is 53.4 Å². The topological polar surface area (TPSA) is 20.2 Å². The van der Waals surface area contributed by atoms with Crippen molar-refractivity contribution < 1.29 is 5.11 Å². The van der Waals surface area contributed by atoms with Crippen molar-refractivity contribution in [2.24, 2.45) is 11.8 Å². The molecule has 0 aromatic rings. The summed E-state index contributed by atoms with van der Waals surface area (Å²) < 4.78 is 0. The highest BCUT2D eigenvalue weighted by Crippen LogP contribution is 2.19. The predicted molar refractivity (Wildman–Crippen MR) is 54.2 cm³/mol. The zero-order valence-electron chi connectivity index (χ0n) is 9.01. The third kappa shape index (κ3) is 6.66. The van der Waals surface area contributed by atoms with Crippen LogP contribution >= 0.6 is 0 Å². The molecule has 0 saturated carbocycles. The van der Waals surface area contributed by atoms with E-state index in [0.717, 1.165) is 18.3 Å². The van der Waals surface area contributed by atoms with Crippen LogP contribution in [-0.4, -0.2) is 11.2 Å². The van der Waals surface area contributed by atoms with Crippen LogP contribution in [0.15, 0.2) is 0 Å². The Morgan fingerprint density at radius 1 is 1.00 bits per heavy atom. The molecule has 0 amide bonds. The van der Waals surface area contributed by atoms with Gasteiger partial charge in [0.1, 0.15) is 0 Å². The first-order valence-electron chi connectivity index (χ1n) is 5.24. The third-order valence-electron chi connectivity index (χ3n) is 2.58. The minimum atomic E-state index is -0.121. The zero-order valence-corrected chi connectivity index (χ0v) is 9.01. The Kier molecular flexibility index (Phi) is 6.45. The summed E-state index contributed by atoms with van der Waals surface area (Å²) in [5, 5.41) is 9.09. The van der Waals surface area contributed by atoms with Crippen molar-refractivity contribution in [1.82, 2.24) is 0 Å². The van der Waals surface area contributed by atoms with Crippen LogP contribution in [0.5, 0.6) is 0 Å². The largest absolute Gasteiger partial charge is 0.393 e. The normalized spacial score (nSPS) is 18.8. The van der Waals surface area contributed by atoms with Gasteiger partial charge in [0.15, 0.2) is 0 Å². The van der Waals surface area contributed by atoms with E-state index < -0.39 is 0 Å². The Morgan fingerprint density at radius 2 is 1.58 bits per heavy atom. The molecular formula is C11H24O. The lowest BCUT2D eigenvalue weighted by atomic mass is 9.91. The summed E-state index contributed by atoms with van der Waals surface area (Å²) in [6.07, 6.45) is 4.59. The Labute approximate surface area is 77.2 Å². The van der Waals surface area contributed by atoms with E-state index >= 15 is 0 Å². The summed E-state index contributed by atoms with van der Waals surface area (Å²) in [4.78, 5) is 0. The van der Waals surface area contributed by atoms with Crippen molar-refractivity contribution in [3.8, 4) is 0 Å². The molecule has 1 N–H and O–H groups in total. The van der Waals surface area contributed by atoms with Gasteiger partial charge >= 0.3 is 0 Å². The SMILES string of the molecule is CCC(C)CC(C)CCC(C)O. The number of aliphatic hydroxyl groups is 1. The lowest BCUT2D eigenvalue weighted by Crippen LogP contribution is -2.06. The monoisotopic (exact) mass is 172 g/mol. The molecule has 0 aromatic heterocycles. The molecule has 0 fully saturated rings. The van der Waals surface area contributed by atoms with E-state index in [9.17, 15) is 0 Å². The van der Waals surface area contributed by atoms with Crippen LogP contribution in [-0.2, 0) is 0 Å². The van der Waals surface area contributed by atoms with Crippen molar-refractivity contribution in [3.63, 3.8) is 0 Å².